The van der Waals surface area contributed by atoms with Gasteiger partial charge in [0.2, 0.25) is 0 Å². The number of aliphatic carboxylic acids is 2. The van der Waals surface area contributed by atoms with E-state index in [0.717, 1.165) is 93.6 Å². The second-order valence-electron chi connectivity index (χ2n) is 12.9. The highest BCUT2D eigenvalue weighted by molar-refractivity contribution is 7.18. The lowest BCUT2D eigenvalue weighted by Gasteiger charge is -2.09. The van der Waals surface area contributed by atoms with Crippen molar-refractivity contribution in [1.82, 2.24) is 20.4 Å². The summed E-state index contributed by atoms with van der Waals surface area (Å²) >= 11 is 3.08. The van der Waals surface area contributed by atoms with Gasteiger partial charge in [-0.25, -0.2) is 0 Å². The van der Waals surface area contributed by atoms with Gasteiger partial charge in [0.05, 0.1) is 13.2 Å². The molecule has 6 rings (SSSR count). The summed E-state index contributed by atoms with van der Waals surface area (Å²) in [5, 5.41) is 38.6. The van der Waals surface area contributed by atoms with Crippen molar-refractivity contribution in [1.29, 1.82) is 0 Å². The monoisotopic (exact) mass is 790 g/mol. The second-order valence-corrected chi connectivity index (χ2v) is 14.9. The van der Waals surface area contributed by atoms with E-state index in [2.05, 4.69) is 40.0 Å². The molecule has 0 spiro atoms. The van der Waals surface area contributed by atoms with Gasteiger partial charge in [0.15, 0.2) is 0 Å². The van der Waals surface area contributed by atoms with Gasteiger partial charge in [-0.2, -0.15) is 0 Å². The number of hydrogen-bond donors (Lipinski definition) is 2. The minimum Gasteiger partial charge on any atom is -0.494 e. The van der Waals surface area contributed by atoms with E-state index in [9.17, 15) is 9.59 Å². The molecule has 0 aliphatic rings. The van der Waals surface area contributed by atoms with Crippen LogP contribution in [0.5, 0.6) is 11.5 Å². The van der Waals surface area contributed by atoms with E-state index in [4.69, 9.17) is 19.7 Å². The molecule has 0 aliphatic heterocycles. The highest BCUT2D eigenvalue weighted by Gasteiger charge is 2.15. The molecule has 2 aromatic heterocycles. The average molecular weight is 791 g/mol. The fourth-order valence-corrected chi connectivity index (χ4v) is 7.92. The number of benzene rings is 4. The first-order valence-corrected chi connectivity index (χ1v) is 20.1. The molecule has 290 valence electrons. The number of hydrogen-bond acceptors (Lipinski definition) is 10. The van der Waals surface area contributed by atoms with Gasteiger partial charge in [0.1, 0.15) is 31.5 Å². The van der Waals surface area contributed by atoms with Gasteiger partial charge in [-0.15, -0.1) is 20.4 Å². The summed E-state index contributed by atoms with van der Waals surface area (Å²) in [6, 6.07) is 24.0. The topological polar surface area (TPSA) is 145 Å². The van der Waals surface area contributed by atoms with Crippen LogP contribution in [0.2, 0.25) is 0 Å². The number of aryl methyl sites for hydroxylation is 5. The fraction of sp³-hybridized carbons (Fsp3) is 0.273. The van der Waals surface area contributed by atoms with Crippen LogP contribution < -0.4 is 9.47 Å². The van der Waals surface area contributed by atoms with Crippen molar-refractivity contribution in [3.05, 3.63) is 113 Å². The number of carbonyl (C=O) groups is 2. The zero-order valence-electron chi connectivity index (χ0n) is 32.3. The van der Waals surface area contributed by atoms with Crippen LogP contribution in [0.25, 0.3) is 48.4 Å². The molecule has 0 aliphatic carbocycles. The third-order valence-corrected chi connectivity index (χ3v) is 10.9. The molecule has 6 aromatic rings. The molecule has 2 N–H and O–H groups in total. The summed E-state index contributed by atoms with van der Waals surface area (Å²) in [5.41, 5.74) is 10.3. The largest absolute Gasteiger partial charge is 0.494 e. The molecular weight excluding hydrogens is 745 g/mol. The summed E-state index contributed by atoms with van der Waals surface area (Å²) < 4.78 is 11.3. The number of rotatable bonds is 16. The SMILES string of the molecule is C=Cc1cc(-c2nnc(-c3ccc(CCC(=O)O)cc3C)s2)ccc1OCC.CCOc1ccc(-c2nnc(-c3ccc(CCC(=O)O)cc3C)s2)cc1CC. The molecule has 56 heavy (non-hydrogen) atoms. The van der Waals surface area contributed by atoms with Crippen LogP contribution in [0.15, 0.2) is 79.4 Å². The van der Waals surface area contributed by atoms with Gasteiger partial charge in [-0.1, -0.05) is 78.7 Å². The molecule has 2 heterocycles. The minimum atomic E-state index is -0.787. The maximum absolute atomic E-state index is 10.8. The van der Waals surface area contributed by atoms with Gasteiger partial charge < -0.3 is 19.7 Å². The van der Waals surface area contributed by atoms with Gasteiger partial charge in [0.25, 0.3) is 0 Å². The predicted octanol–water partition coefficient (Wildman–Crippen LogP) is 10.4. The van der Waals surface area contributed by atoms with Gasteiger partial charge in [-0.05, 0) is 111 Å². The Balaban J connectivity index is 0.000000214. The van der Waals surface area contributed by atoms with Crippen molar-refractivity contribution in [2.24, 2.45) is 0 Å². The third-order valence-electron chi connectivity index (χ3n) is 8.91. The Labute approximate surface area is 335 Å². The van der Waals surface area contributed by atoms with Crippen molar-refractivity contribution in [2.75, 3.05) is 13.2 Å². The maximum Gasteiger partial charge on any atom is 0.303 e. The smallest absolute Gasteiger partial charge is 0.303 e. The van der Waals surface area contributed by atoms with E-state index in [0.29, 0.717) is 26.1 Å². The Hall–Kier alpha value is -5.72. The molecule has 10 nitrogen and oxygen atoms in total. The lowest BCUT2D eigenvalue weighted by atomic mass is 10.0. The number of carboxylic acid groups (broad SMARTS) is 2. The van der Waals surface area contributed by atoms with Crippen LogP contribution in [0, 0.1) is 13.8 Å². The van der Waals surface area contributed by atoms with Crippen molar-refractivity contribution in [2.45, 2.75) is 66.7 Å². The van der Waals surface area contributed by atoms with Crippen LogP contribution in [-0.2, 0) is 28.9 Å². The average Bonchev–Trinajstić information content (AvgIpc) is 3.88. The normalized spacial score (nSPS) is 10.7. The first-order valence-electron chi connectivity index (χ1n) is 18.5. The Morgan fingerprint density at radius 2 is 1.11 bits per heavy atom. The zero-order valence-corrected chi connectivity index (χ0v) is 33.9. The molecule has 0 saturated carbocycles. The highest BCUT2D eigenvalue weighted by atomic mass is 32.1. The van der Waals surface area contributed by atoms with E-state index in [1.807, 2.05) is 94.4 Å². The van der Waals surface area contributed by atoms with Crippen LogP contribution in [-0.4, -0.2) is 55.8 Å². The third kappa shape index (κ3) is 10.7. The number of ether oxygens (including phenoxy) is 2. The first kappa shape index (κ1) is 41.4. The maximum atomic E-state index is 10.8. The van der Waals surface area contributed by atoms with E-state index >= 15 is 0 Å². The van der Waals surface area contributed by atoms with E-state index in [1.165, 1.54) is 11.3 Å². The standard InChI is InChI=1S/C22H24N2O3S.C22H22N2O3S/c2*1-4-16-13-17(8-10-19(16)27-5-2)21-23-24-22(28-21)18-9-6-15(12-14(18)3)7-11-20(25)26/h6,8-10,12-13H,4-5,7,11H2,1-3H3,(H,25,26);4,6,8-10,12-13H,1,5,7,11H2,2-3H3,(H,25,26). The molecule has 0 fully saturated rings. The molecule has 4 aromatic carbocycles. The summed E-state index contributed by atoms with van der Waals surface area (Å²) in [4.78, 5) is 21.5. The van der Waals surface area contributed by atoms with Crippen molar-refractivity contribution >= 4 is 40.7 Å². The fourth-order valence-electron chi connectivity index (χ4n) is 6.06. The molecule has 0 amide bonds. The van der Waals surface area contributed by atoms with Crippen LogP contribution in [0.3, 0.4) is 0 Å². The second kappa shape index (κ2) is 19.7. The van der Waals surface area contributed by atoms with E-state index in [1.54, 1.807) is 17.4 Å². The van der Waals surface area contributed by atoms with Gasteiger partial charge >= 0.3 is 11.9 Å². The molecule has 12 heteroatoms. The quantitative estimate of drug-likeness (QED) is 0.0972. The summed E-state index contributed by atoms with van der Waals surface area (Å²) in [6.07, 6.45) is 3.99. The van der Waals surface area contributed by atoms with E-state index in [-0.39, 0.29) is 12.8 Å². The molecule has 0 atom stereocenters. The summed E-state index contributed by atoms with van der Waals surface area (Å²) in [6.45, 7) is 15.2. The van der Waals surface area contributed by atoms with Gasteiger partial charge in [-0.3, -0.25) is 9.59 Å². The number of aromatic nitrogens is 4. The van der Waals surface area contributed by atoms with E-state index < -0.39 is 11.9 Å². The van der Waals surface area contributed by atoms with Crippen LogP contribution >= 0.6 is 22.7 Å². The minimum absolute atomic E-state index is 0.130. The highest BCUT2D eigenvalue weighted by Crippen LogP contribution is 2.36. The summed E-state index contributed by atoms with van der Waals surface area (Å²) in [7, 11) is 0. The Morgan fingerprint density at radius 1 is 0.643 bits per heavy atom. The lowest BCUT2D eigenvalue weighted by molar-refractivity contribution is -0.138. The molecule has 0 bridgehead atoms. The first-order chi connectivity index (χ1) is 27.0. The van der Waals surface area contributed by atoms with Crippen molar-refractivity contribution in [3.63, 3.8) is 0 Å². The Morgan fingerprint density at radius 3 is 1.55 bits per heavy atom. The Bertz CT molecular complexity index is 2310. The lowest BCUT2D eigenvalue weighted by Crippen LogP contribution is -1.98. The predicted molar refractivity (Wildman–Crippen MR) is 225 cm³/mol. The molecule has 0 radical (unpaired) electrons. The summed E-state index contributed by atoms with van der Waals surface area (Å²) in [5.74, 6) is 0.159. The number of nitrogens with zero attached hydrogens (tertiary/aromatic N) is 4. The molecular formula is C44H46N4O6S2. The Kier molecular flexibility index (Phi) is 14.6. The van der Waals surface area contributed by atoms with Crippen molar-refractivity contribution in [3.8, 4) is 53.8 Å². The zero-order chi connectivity index (χ0) is 40.2. The van der Waals surface area contributed by atoms with Gasteiger partial charge in [0, 0.05) is 40.7 Å². The number of carboxylic acids is 2. The van der Waals surface area contributed by atoms with Crippen molar-refractivity contribution < 1.29 is 29.3 Å². The molecule has 0 unspecified atom stereocenters. The molecule has 0 saturated heterocycles. The van der Waals surface area contributed by atoms with Crippen LogP contribution in [0.4, 0.5) is 0 Å². The van der Waals surface area contributed by atoms with Crippen LogP contribution in [0.1, 0.15) is 67.0 Å².